The fraction of sp³-hybridized carbons (Fsp3) is 0.457. The van der Waals surface area contributed by atoms with Gasteiger partial charge in [0.25, 0.3) is 5.88 Å². The van der Waals surface area contributed by atoms with Crippen molar-refractivity contribution in [1.82, 2.24) is 20.2 Å². The minimum atomic E-state index is -0.755. The van der Waals surface area contributed by atoms with Crippen LogP contribution in [-0.4, -0.2) is 76.9 Å². The number of phenolic OH excluding ortho intramolecular Hbond substituents is 1. The summed E-state index contributed by atoms with van der Waals surface area (Å²) in [5.41, 5.74) is 0.561. The average molecular weight is 628 g/mol. The van der Waals surface area contributed by atoms with E-state index in [-0.39, 0.29) is 47.3 Å². The zero-order valence-electron chi connectivity index (χ0n) is 25.8. The normalized spacial score (nSPS) is 22.1. The number of aromatic nitrogens is 2. The highest BCUT2D eigenvalue weighted by Gasteiger charge is 2.45. The summed E-state index contributed by atoms with van der Waals surface area (Å²) in [6.45, 7) is 7.45. The van der Waals surface area contributed by atoms with Gasteiger partial charge in [-0.25, -0.2) is 4.39 Å². The number of phenols is 1. The maximum Gasteiger partial charge on any atom is 0.322 e. The molecule has 240 valence electrons. The first-order valence-corrected chi connectivity index (χ1v) is 16.1. The average Bonchev–Trinajstić information content (AvgIpc) is 3.56. The molecule has 2 aromatic carbocycles. The van der Waals surface area contributed by atoms with Crippen molar-refractivity contribution in [3.63, 3.8) is 0 Å². The van der Waals surface area contributed by atoms with E-state index in [1.54, 1.807) is 12.1 Å². The molecule has 0 saturated carbocycles. The number of terminal acetylenes is 1. The van der Waals surface area contributed by atoms with E-state index in [4.69, 9.17) is 30.6 Å². The molecule has 3 aromatic rings. The second-order valence-electron chi connectivity index (χ2n) is 12.6. The van der Waals surface area contributed by atoms with Gasteiger partial charge in [-0.1, -0.05) is 18.6 Å². The summed E-state index contributed by atoms with van der Waals surface area (Å²) in [4.78, 5) is 26.4. The van der Waals surface area contributed by atoms with E-state index < -0.39 is 11.9 Å². The number of ether oxygens (including phenoxy) is 3. The SMILES string of the molecule is C#Cc1c(F)ccc2cc(O)cc(C3COc4c(nc(OCC56CCCN5CCC6)nc4N4CCCCC(NC(=O)C=C)C4)O3)c12. The number of halogens is 1. The van der Waals surface area contributed by atoms with Crippen LogP contribution in [0, 0.1) is 18.2 Å². The van der Waals surface area contributed by atoms with Crippen molar-refractivity contribution in [2.45, 2.75) is 62.6 Å². The van der Waals surface area contributed by atoms with E-state index in [1.807, 2.05) is 0 Å². The first kappa shape index (κ1) is 30.1. The topological polar surface area (TPSA) is 109 Å². The summed E-state index contributed by atoms with van der Waals surface area (Å²) in [6.07, 6.45) is 13.3. The lowest BCUT2D eigenvalue weighted by Gasteiger charge is -2.33. The highest BCUT2D eigenvalue weighted by atomic mass is 19.1. The molecule has 11 heteroatoms. The van der Waals surface area contributed by atoms with E-state index in [0.29, 0.717) is 47.6 Å². The molecule has 3 fully saturated rings. The number of carbonyl (C=O) groups is 1. The van der Waals surface area contributed by atoms with Crippen LogP contribution in [0.25, 0.3) is 10.8 Å². The molecule has 5 heterocycles. The molecule has 10 nitrogen and oxygen atoms in total. The van der Waals surface area contributed by atoms with Crippen molar-refractivity contribution in [1.29, 1.82) is 0 Å². The van der Waals surface area contributed by atoms with Gasteiger partial charge in [0.15, 0.2) is 11.9 Å². The number of hydrogen-bond donors (Lipinski definition) is 2. The molecule has 0 spiro atoms. The molecular formula is C35H38FN5O5. The summed E-state index contributed by atoms with van der Waals surface area (Å²) >= 11 is 0. The van der Waals surface area contributed by atoms with E-state index in [0.717, 1.165) is 58.0 Å². The van der Waals surface area contributed by atoms with Gasteiger partial charge in [-0.05, 0) is 87.7 Å². The van der Waals surface area contributed by atoms with Gasteiger partial charge in [-0.2, -0.15) is 9.97 Å². The smallest absolute Gasteiger partial charge is 0.322 e. The zero-order valence-corrected chi connectivity index (χ0v) is 25.8. The lowest BCUT2D eigenvalue weighted by molar-refractivity contribution is -0.117. The number of nitrogens with zero attached hydrogens (tertiary/aromatic N) is 4. The second-order valence-corrected chi connectivity index (χ2v) is 12.6. The van der Waals surface area contributed by atoms with Gasteiger partial charge in [0, 0.05) is 30.1 Å². The van der Waals surface area contributed by atoms with Crippen LogP contribution in [0.4, 0.5) is 10.2 Å². The number of fused-ring (bicyclic) bond motifs is 3. The van der Waals surface area contributed by atoms with Gasteiger partial charge in [-0.15, -0.1) is 6.42 Å². The number of amides is 1. The maximum absolute atomic E-state index is 14.8. The van der Waals surface area contributed by atoms with E-state index >= 15 is 0 Å². The number of carbonyl (C=O) groups excluding carboxylic acids is 1. The third-order valence-electron chi connectivity index (χ3n) is 9.79. The fourth-order valence-corrected chi connectivity index (χ4v) is 7.59. The van der Waals surface area contributed by atoms with Crippen LogP contribution in [-0.2, 0) is 4.79 Å². The molecule has 1 aromatic heterocycles. The number of rotatable bonds is 7. The Morgan fingerprint density at radius 2 is 2.04 bits per heavy atom. The van der Waals surface area contributed by atoms with Crippen molar-refractivity contribution in [3.8, 4) is 35.7 Å². The summed E-state index contributed by atoms with van der Waals surface area (Å²) < 4.78 is 34.1. The first-order chi connectivity index (χ1) is 22.4. The highest BCUT2D eigenvalue weighted by molar-refractivity contribution is 5.93. The molecule has 3 saturated heterocycles. The largest absolute Gasteiger partial charge is 0.508 e. The Morgan fingerprint density at radius 1 is 1.22 bits per heavy atom. The fourth-order valence-electron chi connectivity index (χ4n) is 7.59. The number of hydrogen-bond acceptors (Lipinski definition) is 9. The molecule has 1 amide bonds. The number of anilines is 1. The number of nitrogens with one attached hydrogen (secondary N) is 1. The van der Waals surface area contributed by atoms with Crippen LogP contribution in [0.2, 0.25) is 0 Å². The Labute approximate surface area is 267 Å². The molecule has 46 heavy (non-hydrogen) atoms. The molecule has 0 bridgehead atoms. The summed E-state index contributed by atoms with van der Waals surface area (Å²) in [7, 11) is 0. The van der Waals surface area contributed by atoms with E-state index in [1.165, 1.54) is 18.2 Å². The maximum atomic E-state index is 14.8. The third-order valence-corrected chi connectivity index (χ3v) is 9.79. The minimum absolute atomic E-state index is 0.00649. The quantitative estimate of drug-likeness (QED) is 0.286. The Balaban J connectivity index is 1.26. The highest BCUT2D eigenvalue weighted by Crippen LogP contribution is 2.45. The first-order valence-electron chi connectivity index (χ1n) is 16.1. The predicted molar refractivity (Wildman–Crippen MR) is 171 cm³/mol. The Bertz CT molecular complexity index is 1710. The van der Waals surface area contributed by atoms with Gasteiger partial charge < -0.3 is 29.5 Å². The predicted octanol–water partition coefficient (Wildman–Crippen LogP) is 4.64. The molecule has 2 N–H and O–H groups in total. The molecule has 0 radical (unpaired) electrons. The Hall–Kier alpha value is -4.56. The van der Waals surface area contributed by atoms with Crippen LogP contribution in [0.1, 0.15) is 62.2 Å². The van der Waals surface area contributed by atoms with Crippen LogP contribution < -0.4 is 24.4 Å². The molecular weight excluding hydrogens is 589 g/mol. The van der Waals surface area contributed by atoms with E-state index in [2.05, 4.69) is 27.6 Å². The van der Waals surface area contributed by atoms with Gasteiger partial charge in [0.1, 0.15) is 24.8 Å². The van der Waals surface area contributed by atoms with Crippen molar-refractivity contribution in [2.75, 3.05) is 44.3 Å². The molecule has 2 atom stereocenters. The Morgan fingerprint density at radius 3 is 2.83 bits per heavy atom. The summed E-state index contributed by atoms with van der Waals surface area (Å²) in [5.74, 6) is 2.78. The van der Waals surface area contributed by atoms with Crippen LogP contribution in [0.5, 0.6) is 23.4 Å². The minimum Gasteiger partial charge on any atom is -0.508 e. The van der Waals surface area contributed by atoms with Crippen LogP contribution >= 0.6 is 0 Å². The Kier molecular flexibility index (Phi) is 8.07. The molecule has 2 unspecified atom stereocenters. The molecule has 7 rings (SSSR count). The van der Waals surface area contributed by atoms with Crippen molar-refractivity contribution < 1.29 is 28.5 Å². The summed E-state index contributed by atoms with van der Waals surface area (Å²) in [6, 6.07) is 6.00. The lowest BCUT2D eigenvalue weighted by atomic mass is 9.95. The lowest BCUT2D eigenvalue weighted by Crippen LogP contribution is -2.44. The summed E-state index contributed by atoms with van der Waals surface area (Å²) in [5, 5.41) is 14.7. The van der Waals surface area contributed by atoms with Gasteiger partial charge >= 0.3 is 6.01 Å². The molecule has 0 aliphatic carbocycles. The zero-order chi connectivity index (χ0) is 31.8. The van der Waals surface area contributed by atoms with Gasteiger partial charge in [0.05, 0.1) is 11.1 Å². The standard InChI is InChI=1S/C35H38FN5O5/c1-3-25-27(36)11-10-22-17-24(42)18-26(30(22)25)28-20-44-31-32(40-14-6-5-9-23(19-40)37-29(43)4-2)38-34(39-33(31)46-28)45-21-35-12-7-15-41(35)16-8-13-35/h1,4,10-11,17-18,23,28,42H,2,5-9,12-16,19-21H2,(H,37,43). The number of benzene rings is 2. The van der Waals surface area contributed by atoms with Gasteiger partial charge in [-0.3, -0.25) is 9.69 Å². The van der Waals surface area contributed by atoms with Crippen molar-refractivity contribution in [2.24, 2.45) is 0 Å². The van der Waals surface area contributed by atoms with Crippen molar-refractivity contribution >= 4 is 22.5 Å². The molecule has 4 aliphatic heterocycles. The van der Waals surface area contributed by atoms with E-state index in [9.17, 15) is 14.3 Å². The van der Waals surface area contributed by atoms with Crippen LogP contribution in [0.15, 0.2) is 36.9 Å². The van der Waals surface area contributed by atoms with Gasteiger partial charge in [0.2, 0.25) is 11.7 Å². The third kappa shape index (κ3) is 5.55. The van der Waals surface area contributed by atoms with Crippen molar-refractivity contribution in [3.05, 3.63) is 53.9 Å². The second kappa shape index (κ2) is 12.3. The number of aromatic hydroxyl groups is 1. The monoisotopic (exact) mass is 627 g/mol. The van der Waals surface area contributed by atoms with Crippen LogP contribution in [0.3, 0.4) is 0 Å². The molecule has 4 aliphatic rings.